The molecule has 8 heteroatoms. The Morgan fingerprint density at radius 1 is 1.27 bits per heavy atom. The van der Waals surface area contributed by atoms with Gasteiger partial charge >= 0.3 is 0 Å². The van der Waals surface area contributed by atoms with Crippen molar-refractivity contribution in [2.45, 2.75) is 0 Å². The molecule has 2 aromatic rings. The lowest BCUT2D eigenvalue weighted by Gasteiger charge is -2.29. The van der Waals surface area contributed by atoms with Crippen molar-refractivity contribution in [1.29, 1.82) is 5.26 Å². The van der Waals surface area contributed by atoms with Gasteiger partial charge in [-0.05, 0) is 29.5 Å². The molecule has 0 radical (unpaired) electrons. The zero-order chi connectivity index (χ0) is 15.2. The molecule has 0 unspecified atom stereocenters. The molecule has 3 rings (SSSR count). The van der Waals surface area contributed by atoms with Crippen LogP contribution in [0.2, 0.25) is 0 Å². The highest BCUT2D eigenvalue weighted by molar-refractivity contribution is 5.74. The van der Waals surface area contributed by atoms with Crippen LogP contribution in [0.3, 0.4) is 0 Å². The van der Waals surface area contributed by atoms with Crippen LogP contribution in [0.15, 0.2) is 30.5 Å². The van der Waals surface area contributed by atoms with Crippen LogP contribution in [0.1, 0.15) is 5.82 Å². The number of hydrogen-bond donors (Lipinski definition) is 3. The summed E-state index contributed by atoms with van der Waals surface area (Å²) in [4.78, 5) is 2.34. The predicted molar refractivity (Wildman–Crippen MR) is 82.9 cm³/mol. The van der Waals surface area contributed by atoms with Crippen LogP contribution in [0.25, 0.3) is 5.57 Å². The average Bonchev–Trinajstić information content (AvgIpc) is 3.11. The van der Waals surface area contributed by atoms with E-state index in [1.54, 1.807) is 6.20 Å². The van der Waals surface area contributed by atoms with Crippen molar-refractivity contribution in [3.8, 4) is 6.07 Å². The molecule has 1 fully saturated rings. The third-order valence-corrected chi connectivity index (χ3v) is 3.44. The number of piperazine rings is 1. The fourth-order valence-corrected chi connectivity index (χ4v) is 2.27. The second-order valence-corrected chi connectivity index (χ2v) is 4.83. The van der Waals surface area contributed by atoms with Crippen molar-refractivity contribution in [2.24, 2.45) is 0 Å². The van der Waals surface area contributed by atoms with E-state index in [9.17, 15) is 0 Å². The quantitative estimate of drug-likeness (QED) is 0.709. The van der Waals surface area contributed by atoms with Gasteiger partial charge in [-0.2, -0.15) is 10.5 Å². The number of aromatic amines is 1. The highest BCUT2D eigenvalue weighted by atomic mass is 15.5. The van der Waals surface area contributed by atoms with E-state index in [1.807, 2.05) is 18.2 Å². The van der Waals surface area contributed by atoms with Crippen LogP contribution < -0.4 is 15.5 Å². The first kappa shape index (κ1) is 14.0. The van der Waals surface area contributed by atoms with Gasteiger partial charge in [0.25, 0.3) is 0 Å². The van der Waals surface area contributed by atoms with Gasteiger partial charge in [0.2, 0.25) is 5.82 Å². The molecule has 0 amide bonds. The van der Waals surface area contributed by atoms with Gasteiger partial charge in [-0.15, -0.1) is 10.2 Å². The fourth-order valence-electron chi connectivity index (χ4n) is 2.27. The first-order valence-electron chi connectivity index (χ1n) is 7.03. The Kier molecular flexibility index (Phi) is 4.27. The van der Waals surface area contributed by atoms with Gasteiger partial charge in [-0.25, -0.2) is 0 Å². The molecule has 0 aliphatic carbocycles. The molecule has 1 saturated heterocycles. The number of benzene rings is 1. The van der Waals surface area contributed by atoms with Gasteiger partial charge in [0.05, 0.1) is 0 Å². The Labute approximate surface area is 127 Å². The van der Waals surface area contributed by atoms with Crippen LogP contribution in [0.5, 0.6) is 0 Å². The number of nitrogens with one attached hydrogen (secondary N) is 3. The summed E-state index contributed by atoms with van der Waals surface area (Å²) < 4.78 is 0. The molecule has 0 atom stereocenters. The number of nitriles is 1. The van der Waals surface area contributed by atoms with Crippen molar-refractivity contribution >= 4 is 16.9 Å². The molecule has 0 saturated carbocycles. The average molecular weight is 296 g/mol. The number of hydrogen-bond acceptors (Lipinski definition) is 7. The topological polar surface area (TPSA) is 106 Å². The summed E-state index contributed by atoms with van der Waals surface area (Å²) in [6, 6.07) is 10.1. The summed E-state index contributed by atoms with van der Waals surface area (Å²) in [5, 5.41) is 28.8. The Hall–Kier alpha value is -2.92. The van der Waals surface area contributed by atoms with Gasteiger partial charge in [-0.3, -0.25) is 0 Å². The molecule has 0 spiro atoms. The molecule has 2 heterocycles. The first-order valence-corrected chi connectivity index (χ1v) is 7.03. The molecule has 3 N–H and O–H groups in total. The van der Waals surface area contributed by atoms with E-state index in [-0.39, 0.29) is 5.82 Å². The molecule has 1 aliphatic rings. The van der Waals surface area contributed by atoms with Gasteiger partial charge in [0.1, 0.15) is 11.6 Å². The number of tetrazole rings is 1. The maximum atomic E-state index is 9.10. The summed E-state index contributed by atoms with van der Waals surface area (Å²) in [5.74, 6) is 0.271. The Bertz CT molecular complexity index is 662. The number of aromatic nitrogens is 4. The number of nitrogens with zero attached hydrogens (tertiary/aromatic N) is 5. The van der Waals surface area contributed by atoms with Gasteiger partial charge in [0.15, 0.2) is 0 Å². The Balaban J connectivity index is 1.67. The Morgan fingerprint density at radius 2 is 2.05 bits per heavy atom. The van der Waals surface area contributed by atoms with Crippen LogP contribution in [-0.4, -0.2) is 46.8 Å². The summed E-state index contributed by atoms with van der Waals surface area (Å²) in [7, 11) is 0. The minimum atomic E-state index is 0.271. The normalized spacial score (nSPS) is 15.4. The molecular weight excluding hydrogens is 280 g/mol. The van der Waals surface area contributed by atoms with Crippen LogP contribution >= 0.6 is 0 Å². The zero-order valence-electron chi connectivity index (χ0n) is 12.0. The SMILES string of the molecule is N#CC(=CNc1ccc(N2CCNCC2)cc1)c1nn[nH]n1. The van der Waals surface area contributed by atoms with Crippen molar-refractivity contribution in [3.05, 3.63) is 36.3 Å². The molecule has 1 aromatic heterocycles. The largest absolute Gasteiger partial charge is 0.369 e. The fraction of sp³-hybridized carbons (Fsp3) is 0.286. The summed E-state index contributed by atoms with van der Waals surface area (Å²) in [6.45, 7) is 4.06. The van der Waals surface area contributed by atoms with Crippen LogP contribution in [0.4, 0.5) is 11.4 Å². The van der Waals surface area contributed by atoms with Gasteiger partial charge < -0.3 is 15.5 Å². The summed E-state index contributed by atoms with van der Waals surface area (Å²) in [6.07, 6.45) is 1.57. The van der Waals surface area contributed by atoms with E-state index in [4.69, 9.17) is 5.26 Å². The third kappa shape index (κ3) is 3.21. The number of rotatable bonds is 4. The second kappa shape index (κ2) is 6.69. The van der Waals surface area contributed by atoms with Crippen LogP contribution in [-0.2, 0) is 0 Å². The molecular formula is C14H16N8. The van der Waals surface area contributed by atoms with E-state index in [2.05, 4.69) is 48.3 Å². The van der Waals surface area contributed by atoms with E-state index >= 15 is 0 Å². The minimum absolute atomic E-state index is 0.271. The van der Waals surface area contributed by atoms with Crippen molar-refractivity contribution < 1.29 is 0 Å². The smallest absolute Gasteiger partial charge is 0.216 e. The highest BCUT2D eigenvalue weighted by Gasteiger charge is 2.10. The van der Waals surface area contributed by atoms with Gasteiger partial charge in [-0.1, -0.05) is 0 Å². The minimum Gasteiger partial charge on any atom is -0.369 e. The lowest BCUT2D eigenvalue weighted by molar-refractivity contribution is 0.589. The van der Waals surface area contributed by atoms with E-state index in [1.165, 1.54) is 5.69 Å². The van der Waals surface area contributed by atoms with Crippen molar-refractivity contribution in [2.75, 3.05) is 36.4 Å². The molecule has 0 bridgehead atoms. The standard InChI is InChI=1S/C14H16N8/c15-9-11(14-18-20-21-19-14)10-17-12-1-3-13(4-2-12)22-7-5-16-6-8-22/h1-4,10,16-17H,5-8H2,(H,18,19,20,21). The third-order valence-electron chi connectivity index (χ3n) is 3.44. The molecule has 1 aromatic carbocycles. The number of allylic oxidation sites excluding steroid dienone is 1. The van der Waals surface area contributed by atoms with E-state index in [0.29, 0.717) is 5.57 Å². The Morgan fingerprint density at radius 3 is 2.68 bits per heavy atom. The number of anilines is 2. The van der Waals surface area contributed by atoms with E-state index < -0.39 is 0 Å². The second-order valence-electron chi connectivity index (χ2n) is 4.83. The van der Waals surface area contributed by atoms with Crippen molar-refractivity contribution in [3.63, 3.8) is 0 Å². The zero-order valence-corrected chi connectivity index (χ0v) is 12.0. The highest BCUT2D eigenvalue weighted by Crippen LogP contribution is 2.19. The molecule has 22 heavy (non-hydrogen) atoms. The van der Waals surface area contributed by atoms with Crippen LogP contribution in [0, 0.1) is 11.3 Å². The van der Waals surface area contributed by atoms with Gasteiger partial charge in [0, 0.05) is 43.8 Å². The van der Waals surface area contributed by atoms with Crippen molar-refractivity contribution in [1.82, 2.24) is 25.9 Å². The maximum Gasteiger partial charge on any atom is 0.216 e. The molecule has 112 valence electrons. The maximum absolute atomic E-state index is 9.10. The molecule has 1 aliphatic heterocycles. The predicted octanol–water partition coefficient (Wildman–Crippen LogP) is 0.586. The lowest BCUT2D eigenvalue weighted by Crippen LogP contribution is -2.43. The first-order chi connectivity index (χ1) is 10.9. The number of H-pyrrole nitrogens is 1. The van der Waals surface area contributed by atoms with E-state index in [0.717, 1.165) is 31.9 Å². The summed E-state index contributed by atoms with van der Waals surface area (Å²) >= 11 is 0. The summed E-state index contributed by atoms with van der Waals surface area (Å²) in [5.41, 5.74) is 2.42. The molecule has 8 nitrogen and oxygen atoms in total. The monoisotopic (exact) mass is 296 g/mol. The lowest BCUT2D eigenvalue weighted by atomic mass is 10.2.